The van der Waals surface area contributed by atoms with Gasteiger partial charge in [-0.05, 0) is 69.1 Å². The van der Waals surface area contributed by atoms with Crippen molar-refractivity contribution in [1.29, 1.82) is 5.41 Å². The maximum absolute atomic E-state index is 13.8. The van der Waals surface area contributed by atoms with E-state index < -0.39 is 16.8 Å². The van der Waals surface area contributed by atoms with Crippen molar-refractivity contribution < 1.29 is 19.4 Å². The number of aromatic nitrogens is 2. The second-order valence-electron chi connectivity index (χ2n) is 13.9. The molecule has 0 radical (unpaired) electrons. The van der Waals surface area contributed by atoms with Gasteiger partial charge in [-0.15, -0.1) is 0 Å². The van der Waals surface area contributed by atoms with Crippen LogP contribution in [0, 0.1) is 22.7 Å². The fraction of sp³-hybridized carbons (Fsp3) is 0.767. The largest absolute Gasteiger partial charge is 0.494 e. The summed E-state index contributed by atoms with van der Waals surface area (Å²) in [6, 6.07) is -0.566. The molecular formula is C30H42N6O6. The summed E-state index contributed by atoms with van der Waals surface area (Å²) >= 11 is 0. The number of carbonyl (C=O) groups is 2. The molecule has 0 atom stereocenters. The number of hydrogen-bond donors (Lipinski definition) is 2. The highest BCUT2D eigenvalue weighted by Crippen LogP contribution is 2.62. The van der Waals surface area contributed by atoms with E-state index in [9.17, 15) is 24.3 Å². The second-order valence-corrected chi connectivity index (χ2v) is 13.9. The number of amidine groups is 1. The molecule has 0 unspecified atom stereocenters. The van der Waals surface area contributed by atoms with Crippen LogP contribution in [0.3, 0.4) is 0 Å². The zero-order chi connectivity index (χ0) is 29.4. The molecule has 1 aromatic rings. The van der Waals surface area contributed by atoms with Gasteiger partial charge in [0.05, 0.1) is 13.2 Å². The standard InChI is InChI=1S/C30H42N6O6/c1-32-26(39)30(35(27(32)40)14-20-15-42-16-20)17-29(18-30)9-7-21(8-10-29)36-25(38)22(23(31)33-11-4-12-33)24(37)34(28(36)41)13-19-5-2-3-6-19/h19-21,31,37H,2-18H2,1H3. The normalized spacial score (nSPS) is 31.6. The van der Waals surface area contributed by atoms with Crippen molar-refractivity contribution in [1.82, 2.24) is 23.8 Å². The Balaban J connectivity index is 1.14. The molecule has 2 spiro atoms. The van der Waals surface area contributed by atoms with E-state index in [0.29, 0.717) is 65.1 Å². The zero-order valence-corrected chi connectivity index (χ0v) is 24.5. The monoisotopic (exact) mass is 582 g/mol. The first-order valence-electron chi connectivity index (χ1n) is 15.7. The van der Waals surface area contributed by atoms with Crippen molar-refractivity contribution in [3.05, 3.63) is 26.4 Å². The van der Waals surface area contributed by atoms with E-state index in [1.54, 1.807) is 16.8 Å². The summed E-state index contributed by atoms with van der Waals surface area (Å²) in [5, 5.41) is 19.9. The summed E-state index contributed by atoms with van der Waals surface area (Å²) in [6.07, 6.45) is 9.01. The zero-order valence-electron chi connectivity index (χ0n) is 24.5. The maximum Gasteiger partial charge on any atom is 0.334 e. The van der Waals surface area contributed by atoms with Gasteiger partial charge in [0.15, 0.2) is 0 Å². The van der Waals surface area contributed by atoms with E-state index >= 15 is 0 Å². The lowest BCUT2D eigenvalue weighted by atomic mass is 9.51. The minimum Gasteiger partial charge on any atom is -0.494 e. The molecule has 2 N–H and O–H groups in total. The number of likely N-dealkylation sites (tertiary alicyclic amines) is 1. The first kappa shape index (κ1) is 27.7. The van der Waals surface area contributed by atoms with Crippen molar-refractivity contribution >= 4 is 17.8 Å². The van der Waals surface area contributed by atoms with Gasteiger partial charge in [0.1, 0.15) is 16.9 Å². The van der Waals surface area contributed by atoms with Crippen LogP contribution in [0.4, 0.5) is 4.79 Å². The minimum absolute atomic E-state index is 0.00336. The van der Waals surface area contributed by atoms with Gasteiger partial charge < -0.3 is 19.6 Å². The molecule has 7 rings (SSSR count). The summed E-state index contributed by atoms with van der Waals surface area (Å²) in [6.45, 7) is 3.43. The lowest BCUT2D eigenvalue weighted by Gasteiger charge is -2.58. The summed E-state index contributed by atoms with van der Waals surface area (Å²) in [5.74, 6) is 0.0271. The highest BCUT2D eigenvalue weighted by Gasteiger charge is 2.68. The molecule has 6 aliphatic rings. The van der Waals surface area contributed by atoms with Gasteiger partial charge in [-0.25, -0.2) is 9.59 Å². The predicted molar refractivity (Wildman–Crippen MR) is 153 cm³/mol. The van der Waals surface area contributed by atoms with Crippen molar-refractivity contribution in [3.8, 4) is 5.88 Å². The topological polar surface area (TPSA) is 141 Å². The van der Waals surface area contributed by atoms with Gasteiger partial charge in [-0.3, -0.25) is 29.0 Å². The van der Waals surface area contributed by atoms with E-state index in [-0.39, 0.29) is 52.5 Å². The summed E-state index contributed by atoms with van der Waals surface area (Å²) < 4.78 is 7.98. The number of likely N-dealkylation sites (N-methyl/N-ethyl adjacent to an activating group) is 1. The quantitative estimate of drug-likeness (QED) is 0.297. The molecular weight excluding hydrogens is 540 g/mol. The van der Waals surface area contributed by atoms with Crippen molar-refractivity contribution in [3.63, 3.8) is 0 Å². The number of hydrogen-bond acceptors (Lipinski definition) is 7. The van der Waals surface area contributed by atoms with Crippen molar-refractivity contribution in [2.24, 2.45) is 17.3 Å². The van der Waals surface area contributed by atoms with Crippen molar-refractivity contribution in [2.75, 3.05) is 39.9 Å². The number of carbonyl (C=O) groups excluding carboxylic acids is 2. The minimum atomic E-state index is -0.795. The fourth-order valence-corrected chi connectivity index (χ4v) is 8.64. The highest BCUT2D eigenvalue weighted by atomic mass is 16.5. The van der Waals surface area contributed by atoms with Gasteiger partial charge in [-0.1, -0.05) is 12.8 Å². The van der Waals surface area contributed by atoms with Gasteiger partial charge >= 0.3 is 11.7 Å². The number of rotatable bonds is 6. The highest BCUT2D eigenvalue weighted by molar-refractivity contribution is 6.07. The van der Waals surface area contributed by atoms with Crippen LogP contribution in [0.2, 0.25) is 0 Å². The molecule has 228 valence electrons. The average molecular weight is 583 g/mol. The Morgan fingerprint density at radius 1 is 0.952 bits per heavy atom. The number of nitrogens with zero attached hydrogens (tertiary/aromatic N) is 5. The van der Waals surface area contributed by atoms with Gasteiger partial charge in [0, 0.05) is 45.2 Å². The number of aromatic hydroxyl groups is 1. The Kier molecular flexibility index (Phi) is 6.56. The molecule has 3 saturated heterocycles. The Bertz CT molecular complexity index is 1420. The molecule has 42 heavy (non-hydrogen) atoms. The van der Waals surface area contributed by atoms with Crippen LogP contribution < -0.4 is 11.2 Å². The molecule has 6 fully saturated rings. The summed E-state index contributed by atoms with van der Waals surface area (Å²) in [4.78, 5) is 58.8. The molecule has 0 aromatic carbocycles. The van der Waals surface area contributed by atoms with Crippen LogP contribution in [0.15, 0.2) is 9.59 Å². The first-order chi connectivity index (χ1) is 20.1. The summed E-state index contributed by atoms with van der Waals surface area (Å²) in [7, 11) is 1.56. The number of ether oxygens (including phenoxy) is 1. The SMILES string of the molecule is CN1C(=O)N(CC2COC2)C2(CC3(CCC(n4c(=O)c(C(=N)N5CCC5)c(O)n(CC5CCCC5)c4=O)CC3)C2)C1=O. The molecule has 12 nitrogen and oxygen atoms in total. The third kappa shape index (κ3) is 4.07. The van der Waals surface area contributed by atoms with E-state index in [2.05, 4.69) is 0 Å². The third-order valence-corrected chi connectivity index (χ3v) is 11.3. The van der Waals surface area contributed by atoms with Crippen LogP contribution >= 0.6 is 0 Å². The molecule has 3 aliphatic carbocycles. The Morgan fingerprint density at radius 2 is 1.62 bits per heavy atom. The molecule has 3 aliphatic heterocycles. The Morgan fingerprint density at radius 3 is 2.19 bits per heavy atom. The first-order valence-corrected chi connectivity index (χ1v) is 15.7. The van der Waals surface area contributed by atoms with Crippen LogP contribution in [0.1, 0.15) is 82.2 Å². The van der Waals surface area contributed by atoms with E-state index in [4.69, 9.17) is 10.1 Å². The molecule has 4 heterocycles. The molecule has 1 aromatic heterocycles. The maximum atomic E-state index is 13.8. The molecule has 0 bridgehead atoms. The molecule has 3 amide bonds. The average Bonchev–Trinajstić information content (AvgIpc) is 3.46. The number of urea groups is 1. The number of nitrogens with one attached hydrogen (secondary N) is 1. The predicted octanol–water partition coefficient (Wildman–Crippen LogP) is 2.11. The smallest absolute Gasteiger partial charge is 0.334 e. The third-order valence-electron chi connectivity index (χ3n) is 11.3. The van der Waals surface area contributed by atoms with Crippen LogP contribution in [0.5, 0.6) is 5.88 Å². The Hall–Kier alpha value is -3.15. The van der Waals surface area contributed by atoms with Gasteiger partial charge in [0.25, 0.3) is 11.5 Å². The molecule has 12 heteroatoms. The summed E-state index contributed by atoms with van der Waals surface area (Å²) in [5.41, 5.74) is -2.03. The van der Waals surface area contributed by atoms with E-state index in [1.807, 2.05) is 0 Å². The van der Waals surface area contributed by atoms with E-state index in [1.165, 1.54) is 14.0 Å². The molecule has 3 saturated carbocycles. The van der Waals surface area contributed by atoms with E-state index in [0.717, 1.165) is 44.9 Å². The van der Waals surface area contributed by atoms with Crippen molar-refractivity contribution in [2.45, 2.75) is 88.8 Å². The number of imide groups is 1. The van der Waals surface area contributed by atoms with Crippen LogP contribution in [-0.2, 0) is 16.1 Å². The van der Waals surface area contributed by atoms with Gasteiger partial charge in [0.2, 0.25) is 5.88 Å². The number of amides is 3. The lowest BCUT2D eigenvalue weighted by Crippen LogP contribution is -2.65. The van der Waals surface area contributed by atoms with Crippen LogP contribution in [0.25, 0.3) is 0 Å². The van der Waals surface area contributed by atoms with Crippen LogP contribution in [-0.4, -0.2) is 92.1 Å². The second kappa shape index (κ2) is 9.96. The lowest BCUT2D eigenvalue weighted by molar-refractivity contribution is -0.152. The Labute approximate surface area is 244 Å². The van der Waals surface area contributed by atoms with Gasteiger partial charge in [-0.2, -0.15) is 0 Å². The fourth-order valence-electron chi connectivity index (χ4n) is 8.64.